The average molecular weight is 278 g/mol. The zero-order chi connectivity index (χ0) is 14.3. The molecule has 2 heterocycles. The molecule has 0 aliphatic rings. The fourth-order valence-corrected chi connectivity index (χ4v) is 2.18. The molecule has 0 unspecified atom stereocenters. The predicted molar refractivity (Wildman–Crippen MR) is 86.2 cm³/mol. The quantitative estimate of drug-likeness (QED) is 0.681. The average Bonchev–Trinajstić information content (AvgIpc) is 2.55. The van der Waals surface area contributed by atoms with Gasteiger partial charge >= 0.3 is 0 Å². The largest absolute Gasteiger partial charge is 0.369 e. The Bertz CT molecular complexity index is 697. The van der Waals surface area contributed by atoms with Gasteiger partial charge in [0, 0.05) is 37.4 Å². The molecule has 0 spiro atoms. The molecule has 2 aromatic heterocycles. The lowest BCUT2D eigenvalue weighted by molar-refractivity contribution is 0.705. The molecule has 0 atom stereocenters. The van der Waals surface area contributed by atoms with E-state index in [9.17, 15) is 0 Å². The highest BCUT2D eigenvalue weighted by Crippen LogP contribution is 2.14. The summed E-state index contributed by atoms with van der Waals surface area (Å²) < 4.78 is 0. The smallest absolute Gasteiger partial charge is 0.126 e. The number of pyridine rings is 2. The second-order valence-corrected chi connectivity index (χ2v) is 4.85. The third-order valence-corrected chi connectivity index (χ3v) is 3.28. The van der Waals surface area contributed by atoms with Crippen molar-refractivity contribution in [2.45, 2.75) is 6.54 Å². The Morgan fingerprint density at radius 1 is 0.857 bits per heavy atom. The van der Waals surface area contributed by atoms with E-state index in [1.165, 1.54) is 10.9 Å². The Morgan fingerprint density at radius 3 is 2.62 bits per heavy atom. The number of fused-ring (bicyclic) bond motifs is 1. The van der Waals surface area contributed by atoms with Crippen molar-refractivity contribution >= 4 is 16.7 Å². The monoisotopic (exact) mass is 278 g/mol. The van der Waals surface area contributed by atoms with E-state index in [-0.39, 0.29) is 0 Å². The highest BCUT2D eigenvalue weighted by atomic mass is 15.0. The number of nitrogens with zero attached hydrogens (tertiary/aromatic N) is 2. The van der Waals surface area contributed by atoms with Crippen LogP contribution in [-0.4, -0.2) is 23.1 Å². The second kappa shape index (κ2) is 6.81. The molecule has 0 radical (unpaired) electrons. The van der Waals surface area contributed by atoms with Gasteiger partial charge in [0.05, 0.1) is 5.52 Å². The SMILES string of the molecule is c1ccc2nc(NCCNCc3ccncc3)ccc2c1. The molecule has 0 amide bonds. The number of nitrogens with one attached hydrogen (secondary N) is 2. The van der Waals surface area contributed by atoms with Gasteiger partial charge in [-0.3, -0.25) is 4.98 Å². The van der Waals surface area contributed by atoms with Gasteiger partial charge in [0.15, 0.2) is 0 Å². The summed E-state index contributed by atoms with van der Waals surface area (Å²) in [6.45, 7) is 2.59. The molecule has 3 aromatic rings. The summed E-state index contributed by atoms with van der Waals surface area (Å²) in [7, 11) is 0. The zero-order valence-electron chi connectivity index (χ0n) is 11.8. The maximum atomic E-state index is 4.58. The Hall–Kier alpha value is -2.46. The number of para-hydroxylation sites is 1. The van der Waals surface area contributed by atoms with E-state index >= 15 is 0 Å². The van der Waals surface area contributed by atoms with Gasteiger partial charge < -0.3 is 10.6 Å². The Balaban J connectivity index is 1.46. The molecule has 0 bridgehead atoms. The van der Waals surface area contributed by atoms with Gasteiger partial charge in [0.2, 0.25) is 0 Å². The molecule has 2 N–H and O–H groups in total. The Morgan fingerprint density at radius 2 is 1.71 bits per heavy atom. The first-order valence-corrected chi connectivity index (χ1v) is 7.11. The van der Waals surface area contributed by atoms with Crippen molar-refractivity contribution in [2.24, 2.45) is 0 Å². The van der Waals surface area contributed by atoms with Crippen molar-refractivity contribution in [1.82, 2.24) is 15.3 Å². The molecule has 1 aromatic carbocycles. The van der Waals surface area contributed by atoms with Crippen LogP contribution < -0.4 is 10.6 Å². The van der Waals surface area contributed by atoms with Crippen LogP contribution in [-0.2, 0) is 6.54 Å². The molecule has 4 nitrogen and oxygen atoms in total. The predicted octanol–water partition coefficient (Wildman–Crippen LogP) is 2.83. The lowest BCUT2D eigenvalue weighted by Crippen LogP contribution is -2.22. The fourth-order valence-electron chi connectivity index (χ4n) is 2.18. The Kier molecular flexibility index (Phi) is 4.39. The number of aromatic nitrogens is 2. The number of hydrogen-bond donors (Lipinski definition) is 2. The van der Waals surface area contributed by atoms with Crippen molar-refractivity contribution in [3.05, 3.63) is 66.5 Å². The van der Waals surface area contributed by atoms with Gasteiger partial charge in [-0.05, 0) is 35.9 Å². The van der Waals surface area contributed by atoms with E-state index in [4.69, 9.17) is 0 Å². The first kappa shape index (κ1) is 13.5. The molecular weight excluding hydrogens is 260 g/mol. The summed E-state index contributed by atoms with van der Waals surface area (Å²) >= 11 is 0. The highest BCUT2D eigenvalue weighted by molar-refractivity contribution is 5.79. The maximum Gasteiger partial charge on any atom is 0.126 e. The lowest BCUT2D eigenvalue weighted by Gasteiger charge is -2.08. The molecule has 0 aliphatic heterocycles. The van der Waals surface area contributed by atoms with Crippen LogP contribution in [0, 0.1) is 0 Å². The van der Waals surface area contributed by atoms with Crippen molar-refractivity contribution in [1.29, 1.82) is 0 Å². The maximum absolute atomic E-state index is 4.58. The summed E-state index contributed by atoms with van der Waals surface area (Å²) in [5.74, 6) is 0.916. The van der Waals surface area contributed by atoms with Crippen LogP contribution in [0.25, 0.3) is 10.9 Å². The van der Waals surface area contributed by atoms with Gasteiger partial charge in [-0.15, -0.1) is 0 Å². The third kappa shape index (κ3) is 3.77. The van der Waals surface area contributed by atoms with Crippen LogP contribution in [0.2, 0.25) is 0 Å². The molecule has 21 heavy (non-hydrogen) atoms. The normalized spacial score (nSPS) is 10.7. The Labute approximate surface area is 124 Å². The molecular formula is C17H18N4. The fraction of sp³-hybridized carbons (Fsp3) is 0.176. The van der Waals surface area contributed by atoms with Gasteiger partial charge in [-0.2, -0.15) is 0 Å². The zero-order valence-corrected chi connectivity index (χ0v) is 11.8. The molecule has 0 fully saturated rings. The number of benzene rings is 1. The first-order chi connectivity index (χ1) is 10.4. The summed E-state index contributed by atoms with van der Waals surface area (Å²) in [6.07, 6.45) is 3.63. The minimum absolute atomic E-state index is 0.844. The van der Waals surface area contributed by atoms with Gasteiger partial charge in [-0.1, -0.05) is 18.2 Å². The van der Waals surface area contributed by atoms with Crippen LogP contribution in [0.4, 0.5) is 5.82 Å². The van der Waals surface area contributed by atoms with Crippen molar-refractivity contribution < 1.29 is 0 Å². The molecule has 0 saturated heterocycles. The van der Waals surface area contributed by atoms with Crippen LogP contribution in [0.3, 0.4) is 0 Å². The van der Waals surface area contributed by atoms with Gasteiger partial charge in [0.25, 0.3) is 0 Å². The number of anilines is 1. The van der Waals surface area contributed by atoms with E-state index in [0.29, 0.717) is 0 Å². The van der Waals surface area contributed by atoms with E-state index in [1.807, 2.05) is 48.8 Å². The molecule has 0 aliphatic carbocycles. The number of hydrogen-bond acceptors (Lipinski definition) is 4. The summed E-state index contributed by atoms with van der Waals surface area (Å²) in [4.78, 5) is 8.59. The minimum atomic E-state index is 0.844. The molecule has 0 saturated carbocycles. The molecule has 106 valence electrons. The summed E-state index contributed by atoms with van der Waals surface area (Å²) in [6, 6.07) is 16.3. The standard InChI is InChI=1S/C17H18N4/c1-2-4-16-15(3-1)5-6-17(21-16)20-12-11-19-13-14-7-9-18-10-8-14/h1-10,19H,11-13H2,(H,20,21). The van der Waals surface area contributed by atoms with E-state index in [2.05, 4.69) is 32.7 Å². The summed E-state index contributed by atoms with van der Waals surface area (Å²) in [5, 5.41) is 7.89. The first-order valence-electron chi connectivity index (χ1n) is 7.11. The van der Waals surface area contributed by atoms with Crippen LogP contribution in [0.1, 0.15) is 5.56 Å². The molecule has 4 heteroatoms. The third-order valence-electron chi connectivity index (χ3n) is 3.28. The molecule has 3 rings (SSSR count). The van der Waals surface area contributed by atoms with Crippen molar-refractivity contribution in [2.75, 3.05) is 18.4 Å². The van der Waals surface area contributed by atoms with E-state index < -0.39 is 0 Å². The summed E-state index contributed by atoms with van der Waals surface area (Å²) in [5.41, 5.74) is 2.26. The van der Waals surface area contributed by atoms with E-state index in [0.717, 1.165) is 31.0 Å². The van der Waals surface area contributed by atoms with Crippen LogP contribution in [0.5, 0.6) is 0 Å². The second-order valence-electron chi connectivity index (χ2n) is 4.85. The van der Waals surface area contributed by atoms with Crippen LogP contribution in [0.15, 0.2) is 60.9 Å². The van der Waals surface area contributed by atoms with Gasteiger partial charge in [-0.25, -0.2) is 4.98 Å². The van der Waals surface area contributed by atoms with E-state index in [1.54, 1.807) is 0 Å². The topological polar surface area (TPSA) is 49.8 Å². The lowest BCUT2D eigenvalue weighted by atomic mass is 10.2. The number of rotatable bonds is 6. The highest BCUT2D eigenvalue weighted by Gasteiger charge is 1.97. The van der Waals surface area contributed by atoms with Gasteiger partial charge in [0.1, 0.15) is 5.82 Å². The minimum Gasteiger partial charge on any atom is -0.369 e. The van der Waals surface area contributed by atoms with Crippen molar-refractivity contribution in [3.8, 4) is 0 Å². The van der Waals surface area contributed by atoms with Crippen LogP contribution >= 0.6 is 0 Å². The van der Waals surface area contributed by atoms with Crippen molar-refractivity contribution in [3.63, 3.8) is 0 Å².